The molecule has 5 aliphatic rings. The number of benzene rings is 1. The van der Waals surface area contributed by atoms with E-state index in [1.165, 1.54) is 19.3 Å². The molecule has 1 heterocycles. The lowest BCUT2D eigenvalue weighted by Crippen LogP contribution is -2.53. The van der Waals surface area contributed by atoms with Gasteiger partial charge in [0.1, 0.15) is 12.6 Å². The molecule has 4 bridgehead atoms. The van der Waals surface area contributed by atoms with Crippen molar-refractivity contribution in [3.05, 3.63) is 35.9 Å². The number of esters is 1. The fourth-order valence-corrected chi connectivity index (χ4v) is 6.91. The Morgan fingerprint density at radius 3 is 2.29 bits per heavy atom. The average Bonchev–Trinajstić information content (AvgIpc) is 3.14. The Hall–Kier alpha value is -1.68. The predicted molar refractivity (Wildman–Crippen MR) is 106 cm³/mol. The molecule has 0 N–H and O–H groups in total. The van der Waals surface area contributed by atoms with Gasteiger partial charge in [0, 0.05) is 5.41 Å². The number of likely N-dealkylation sites (tertiary alicyclic amines) is 1. The Kier molecular flexibility index (Phi) is 4.78. The summed E-state index contributed by atoms with van der Waals surface area (Å²) in [5.74, 6) is 2.58. The molecule has 4 saturated carbocycles. The van der Waals surface area contributed by atoms with Crippen LogP contribution in [0.5, 0.6) is 0 Å². The maximum atomic E-state index is 13.4. The third-order valence-corrected chi connectivity index (χ3v) is 7.84. The van der Waals surface area contributed by atoms with Crippen molar-refractivity contribution in [3.8, 4) is 0 Å². The van der Waals surface area contributed by atoms with E-state index in [0.717, 1.165) is 62.0 Å². The number of hydrogen-bond donors (Lipinski definition) is 0. The van der Waals surface area contributed by atoms with Crippen LogP contribution in [0.15, 0.2) is 30.3 Å². The highest BCUT2D eigenvalue weighted by Crippen LogP contribution is 2.60. The van der Waals surface area contributed by atoms with Gasteiger partial charge in [0.2, 0.25) is 0 Å². The predicted octanol–water partition coefficient (Wildman–Crippen LogP) is 3.98. The molecule has 150 valence electrons. The number of ketones is 1. The molecule has 1 aliphatic heterocycles. The first-order chi connectivity index (χ1) is 13.6. The second kappa shape index (κ2) is 7.29. The molecule has 0 amide bonds. The Balaban J connectivity index is 1.21. The van der Waals surface area contributed by atoms with Crippen LogP contribution in [0.25, 0.3) is 0 Å². The number of Topliss-reactive ketones (excluding diaryl/α,β-unsaturated/α-hetero) is 1. The van der Waals surface area contributed by atoms with Crippen molar-refractivity contribution < 1.29 is 14.3 Å². The third-order valence-electron chi connectivity index (χ3n) is 7.84. The SMILES string of the molecule is O=C(OCc1ccccc1)[C@@H]1CCCN1CC(=O)C12CC3CC(CC(C3)C1)C2. The fourth-order valence-electron chi connectivity index (χ4n) is 6.91. The second-order valence-electron chi connectivity index (χ2n) is 9.84. The van der Waals surface area contributed by atoms with Crippen molar-refractivity contribution in [1.82, 2.24) is 4.90 Å². The second-order valence-corrected chi connectivity index (χ2v) is 9.84. The van der Waals surface area contributed by atoms with Crippen LogP contribution in [0.1, 0.15) is 56.9 Å². The van der Waals surface area contributed by atoms with Gasteiger partial charge in [-0.1, -0.05) is 30.3 Å². The Morgan fingerprint density at radius 1 is 1.00 bits per heavy atom. The van der Waals surface area contributed by atoms with Crippen LogP contribution in [0, 0.1) is 23.2 Å². The zero-order valence-electron chi connectivity index (χ0n) is 16.6. The number of carbonyl (C=O) groups is 2. The molecule has 1 aromatic carbocycles. The summed E-state index contributed by atoms with van der Waals surface area (Å²) >= 11 is 0. The average molecular weight is 382 g/mol. The van der Waals surface area contributed by atoms with E-state index < -0.39 is 0 Å². The standard InChI is InChI=1S/C24H31NO3/c26-22(24-12-18-9-19(13-24)11-20(10-18)14-24)15-25-8-4-7-21(25)23(27)28-16-17-5-2-1-3-6-17/h1-3,5-6,18-21H,4,7-16H2/t18?,19?,20?,21-,24?/m0/s1. The number of nitrogens with zero attached hydrogens (tertiary/aromatic N) is 1. The first-order valence-corrected chi connectivity index (χ1v) is 11.1. The van der Waals surface area contributed by atoms with Gasteiger partial charge < -0.3 is 4.74 Å². The van der Waals surface area contributed by atoms with Gasteiger partial charge in [-0.15, -0.1) is 0 Å². The molecule has 1 aromatic rings. The Bertz CT molecular complexity index is 708. The molecular weight excluding hydrogens is 350 g/mol. The van der Waals surface area contributed by atoms with Gasteiger partial charge >= 0.3 is 5.97 Å². The Morgan fingerprint density at radius 2 is 1.64 bits per heavy atom. The topological polar surface area (TPSA) is 46.6 Å². The van der Waals surface area contributed by atoms with Crippen molar-refractivity contribution >= 4 is 11.8 Å². The molecule has 1 saturated heterocycles. The molecule has 5 fully saturated rings. The van der Waals surface area contributed by atoms with Crippen molar-refractivity contribution in [3.63, 3.8) is 0 Å². The smallest absolute Gasteiger partial charge is 0.323 e. The van der Waals surface area contributed by atoms with Gasteiger partial charge in [0.05, 0.1) is 6.54 Å². The van der Waals surface area contributed by atoms with E-state index in [1.54, 1.807) is 0 Å². The van der Waals surface area contributed by atoms with Gasteiger partial charge in [-0.25, -0.2) is 0 Å². The van der Waals surface area contributed by atoms with Gasteiger partial charge in [0.15, 0.2) is 5.78 Å². The maximum Gasteiger partial charge on any atom is 0.323 e. The largest absolute Gasteiger partial charge is 0.460 e. The monoisotopic (exact) mass is 381 g/mol. The summed E-state index contributed by atoms with van der Waals surface area (Å²) in [4.78, 5) is 28.2. The number of carbonyl (C=O) groups excluding carboxylic acids is 2. The first-order valence-electron chi connectivity index (χ1n) is 11.1. The normalized spacial score (nSPS) is 36.6. The molecule has 4 nitrogen and oxygen atoms in total. The molecular formula is C24H31NO3. The van der Waals surface area contributed by atoms with Gasteiger partial charge in [-0.3, -0.25) is 14.5 Å². The minimum absolute atomic E-state index is 0.0736. The summed E-state index contributed by atoms with van der Waals surface area (Å²) in [5.41, 5.74) is 0.931. The van der Waals surface area contributed by atoms with Crippen molar-refractivity contribution in [2.45, 2.75) is 64.0 Å². The van der Waals surface area contributed by atoms with E-state index >= 15 is 0 Å². The van der Waals surface area contributed by atoms with Crippen molar-refractivity contribution in [2.75, 3.05) is 13.1 Å². The molecule has 0 unspecified atom stereocenters. The summed E-state index contributed by atoms with van der Waals surface area (Å²) in [5, 5.41) is 0. The van der Waals surface area contributed by atoms with E-state index in [4.69, 9.17) is 4.74 Å². The minimum atomic E-state index is -0.249. The van der Waals surface area contributed by atoms with Crippen LogP contribution in [0.3, 0.4) is 0 Å². The van der Waals surface area contributed by atoms with E-state index in [9.17, 15) is 9.59 Å². The number of rotatable bonds is 6. The Labute approximate surface area is 167 Å². The van der Waals surface area contributed by atoms with Crippen molar-refractivity contribution in [1.29, 1.82) is 0 Å². The lowest BCUT2D eigenvalue weighted by Gasteiger charge is -2.56. The van der Waals surface area contributed by atoms with Crippen LogP contribution in [0.2, 0.25) is 0 Å². The molecule has 0 spiro atoms. The van der Waals surface area contributed by atoms with Crippen LogP contribution in [-0.2, 0) is 20.9 Å². The molecule has 4 aliphatic carbocycles. The van der Waals surface area contributed by atoms with Gasteiger partial charge in [-0.05, 0) is 81.2 Å². The van der Waals surface area contributed by atoms with E-state index in [2.05, 4.69) is 4.90 Å². The summed E-state index contributed by atoms with van der Waals surface area (Å²) in [6.07, 6.45) is 9.15. The summed E-state index contributed by atoms with van der Waals surface area (Å²) in [6.45, 7) is 1.59. The summed E-state index contributed by atoms with van der Waals surface area (Å²) in [7, 11) is 0. The van der Waals surface area contributed by atoms with Crippen LogP contribution in [0.4, 0.5) is 0 Å². The van der Waals surface area contributed by atoms with Gasteiger partial charge in [-0.2, -0.15) is 0 Å². The van der Waals surface area contributed by atoms with Crippen LogP contribution in [-0.4, -0.2) is 35.8 Å². The van der Waals surface area contributed by atoms with E-state index in [0.29, 0.717) is 18.9 Å². The van der Waals surface area contributed by atoms with Crippen LogP contribution < -0.4 is 0 Å². The van der Waals surface area contributed by atoms with E-state index in [-0.39, 0.29) is 17.4 Å². The summed E-state index contributed by atoms with van der Waals surface area (Å²) < 4.78 is 5.58. The van der Waals surface area contributed by atoms with Gasteiger partial charge in [0.25, 0.3) is 0 Å². The molecule has 1 atom stereocenters. The highest BCUT2D eigenvalue weighted by molar-refractivity contribution is 5.88. The lowest BCUT2D eigenvalue weighted by atomic mass is 9.48. The van der Waals surface area contributed by atoms with E-state index in [1.807, 2.05) is 30.3 Å². The molecule has 28 heavy (non-hydrogen) atoms. The summed E-state index contributed by atoms with van der Waals surface area (Å²) in [6, 6.07) is 9.55. The molecule has 4 heteroatoms. The molecule has 0 aromatic heterocycles. The number of ether oxygens (including phenoxy) is 1. The zero-order valence-corrected chi connectivity index (χ0v) is 16.6. The first kappa shape index (κ1) is 18.4. The molecule has 6 rings (SSSR count). The third kappa shape index (κ3) is 3.41. The highest BCUT2D eigenvalue weighted by atomic mass is 16.5. The number of hydrogen-bond acceptors (Lipinski definition) is 4. The van der Waals surface area contributed by atoms with Crippen molar-refractivity contribution in [2.24, 2.45) is 23.2 Å². The quantitative estimate of drug-likeness (QED) is 0.699. The lowest BCUT2D eigenvalue weighted by molar-refractivity contribution is -0.152. The minimum Gasteiger partial charge on any atom is -0.460 e. The van der Waals surface area contributed by atoms with Crippen LogP contribution >= 0.6 is 0 Å². The molecule has 0 radical (unpaired) electrons. The zero-order chi connectivity index (χ0) is 19.1. The fraction of sp³-hybridized carbons (Fsp3) is 0.667. The maximum absolute atomic E-state index is 13.4. The highest BCUT2D eigenvalue weighted by Gasteiger charge is 2.54.